The molecule has 0 heterocycles. The number of rotatable bonds is 6. The second kappa shape index (κ2) is 8.00. The number of carbonyl (C=O) groups is 2. The number of halogens is 3. The molecular weight excluding hydrogens is 325 g/mol. The van der Waals surface area contributed by atoms with Crippen LogP contribution in [-0.4, -0.2) is 25.0 Å². The predicted molar refractivity (Wildman–Crippen MR) is 80.4 cm³/mol. The number of nitrogens with one attached hydrogen (secondary N) is 2. The lowest BCUT2D eigenvalue weighted by atomic mass is 10.2. The van der Waals surface area contributed by atoms with Crippen LogP contribution in [0.5, 0.6) is 5.75 Å². The fourth-order valence-electron chi connectivity index (χ4n) is 1.85. The molecule has 0 radical (unpaired) electrons. The minimum Gasteiger partial charge on any atom is -0.435 e. The van der Waals surface area contributed by atoms with E-state index in [0.29, 0.717) is 0 Å². The van der Waals surface area contributed by atoms with Crippen LogP contribution >= 0.6 is 0 Å². The van der Waals surface area contributed by atoms with Crippen LogP contribution in [0.1, 0.15) is 10.4 Å². The summed E-state index contributed by atoms with van der Waals surface area (Å²) < 4.78 is 41.5. The molecule has 0 aliphatic rings. The van der Waals surface area contributed by atoms with Crippen molar-refractivity contribution in [3.63, 3.8) is 0 Å². The van der Waals surface area contributed by atoms with Gasteiger partial charge in [0, 0.05) is 11.3 Å². The number of benzene rings is 2. The van der Waals surface area contributed by atoms with Crippen LogP contribution in [0.4, 0.5) is 18.9 Å². The van der Waals surface area contributed by atoms with Gasteiger partial charge in [-0.2, -0.15) is 8.78 Å². The Bertz CT molecular complexity index is 738. The smallest absolute Gasteiger partial charge is 0.387 e. The molecule has 24 heavy (non-hydrogen) atoms. The molecule has 0 saturated heterocycles. The van der Waals surface area contributed by atoms with Gasteiger partial charge in [-0.25, -0.2) is 4.39 Å². The zero-order chi connectivity index (χ0) is 17.5. The Labute approximate surface area is 135 Å². The van der Waals surface area contributed by atoms with E-state index in [1.54, 1.807) is 0 Å². The van der Waals surface area contributed by atoms with E-state index < -0.39 is 24.2 Å². The minimum atomic E-state index is -3.00. The van der Waals surface area contributed by atoms with Gasteiger partial charge in [0.2, 0.25) is 5.91 Å². The second-order valence-corrected chi connectivity index (χ2v) is 4.65. The third kappa shape index (κ3) is 5.31. The zero-order valence-electron chi connectivity index (χ0n) is 12.3. The topological polar surface area (TPSA) is 67.4 Å². The van der Waals surface area contributed by atoms with Crippen molar-refractivity contribution in [3.8, 4) is 5.75 Å². The van der Waals surface area contributed by atoms with Crippen LogP contribution < -0.4 is 15.4 Å². The van der Waals surface area contributed by atoms with E-state index in [4.69, 9.17) is 0 Å². The van der Waals surface area contributed by atoms with Crippen molar-refractivity contribution in [2.24, 2.45) is 0 Å². The summed E-state index contributed by atoms with van der Waals surface area (Å²) in [5.74, 6) is -1.87. The maximum atomic E-state index is 13.0. The SMILES string of the molecule is O=C(CNC(=O)c1cccc(OC(F)F)c1)Nc1cccc(F)c1. The normalized spacial score (nSPS) is 10.3. The molecule has 0 aromatic heterocycles. The number of hydrogen-bond acceptors (Lipinski definition) is 3. The molecule has 0 unspecified atom stereocenters. The standard InChI is InChI=1S/C16H13F3N2O3/c17-11-4-2-5-12(8-11)21-14(22)9-20-15(23)10-3-1-6-13(7-10)24-16(18)19/h1-8,16H,9H2,(H,20,23)(H,21,22). The minimum absolute atomic E-state index is 0.0618. The summed E-state index contributed by atoms with van der Waals surface area (Å²) in [4.78, 5) is 23.6. The van der Waals surface area contributed by atoms with Gasteiger partial charge >= 0.3 is 6.61 Å². The molecule has 0 aliphatic heterocycles. The molecule has 8 heteroatoms. The van der Waals surface area contributed by atoms with Gasteiger partial charge in [0.05, 0.1) is 6.54 Å². The summed E-state index contributed by atoms with van der Waals surface area (Å²) in [6.07, 6.45) is 0. The number of amides is 2. The highest BCUT2D eigenvalue weighted by Gasteiger charge is 2.11. The van der Waals surface area contributed by atoms with Crippen molar-refractivity contribution in [2.75, 3.05) is 11.9 Å². The first kappa shape index (κ1) is 17.3. The van der Waals surface area contributed by atoms with Crippen molar-refractivity contribution >= 4 is 17.5 Å². The van der Waals surface area contributed by atoms with E-state index in [1.807, 2.05) is 0 Å². The molecule has 2 amide bonds. The highest BCUT2D eigenvalue weighted by atomic mass is 19.3. The van der Waals surface area contributed by atoms with Crippen molar-refractivity contribution in [1.82, 2.24) is 5.32 Å². The molecule has 5 nitrogen and oxygen atoms in total. The van der Waals surface area contributed by atoms with Gasteiger partial charge in [0.1, 0.15) is 11.6 Å². The third-order valence-electron chi connectivity index (χ3n) is 2.84. The Kier molecular flexibility index (Phi) is 5.78. The second-order valence-electron chi connectivity index (χ2n) is 4.65. The summed E-state index contributed by atoms with van der Waals surface area (Å²) in [5, 5.41) is 4.74. The van der Waals surface area contributed by atoms with Crippen LogP contribution in [-0.2, 0) is 4.79 Å². The van der Waals surface area contributed by atoms with E-state index >= 15 is 0 Å². The van der Waals surface area contributed by atoms with Gasteiger partial charge in [0.15, 0.2) is 0 Å². The van der Waals surface area contributed by atoms with Gasteiger partial charge in [-0.3, -0.25) is 9.59 Å². The van der Waals surface area contributed by atoms with Crippen molar-refractivity contribution in [1.29, 1.82) is 0 Å². The zero-order valence-corrected chi connectivity index (χ0v) is 12.3. The molecule has 0 aliphatic carbocycles. The quantitative estimate of drug-likeness (QED) is 0.851. The van der Waals surface area contributed by atoms with Crippen LogP contribution in [0, 0.1) is 5.82 Å². The van der Waals surface area contributed by atoms with Crippen molar-refractivity contribution in [3.05, 3.63) is 59.9 Å². The molecule has 0 bridgehead atoms. The Hall–Kier alpha value is -3.03. The van der Waals surface area contributed by atoms with Gasteiger partial charge < -0.3 is 15.4 Å². The Balaban J connectivity index is 1.89. The van der Waals surface area contributed by atoms with E-state index in [1.165, 1.54) is 36.4 Å². The average Bonchev–Trinajstić information content (AvgIpc) is 2.52. The first-order valence-electron chi connectivity index (χ1n) is 6.82. The van der Waals surface area contributed by atoms with Crippen LogP contribution in [0.3, 0.4) is 0 Å². The molecule has 0 spiro atoms. The van der Waals surface area contributed by atoms with E-state index in [0.717, 1.165) is 12.1 Å². The molecule has 126 valence electrons. The Morgan fingerprint density at radius 2 is 1.83 bits per heavy atom. The summed E-state index contributed by atoms with van der Waals surface area (Å²) in [7, 11) is 0. The molecule has 2 aromatic rings. The first-order chi connectivity index (χ1) is 11.4. The number of carbonyl (C=O) groups excluding carboxylic acids is 2. The molecule has 0 fully saturated rings. The highest BCUT2D eigenvalue weighted by molar-refractivity contribution is 5.99. The van der Waals surface area contributed by atoms with E-state index in [-0.39, 0.29) is 23.5 Å². The van der Waals surface area contributed by atoms with Gasteiger partial charge in [-0.05, 0) is 36.4 Å². The monoisotopic (exact) mass is 338 g/mol. The molecule has 0 atom stereocenters. The molecule has 2 rings (SSSR count). The Morgan fingerprint density at radius 3 is 2.54 bits per heavy atom. The highest BCUT2D eigenvalue weighted by Crippen LogP contribution is 2.15. The molecule has 2 N–H and O–H groups in total. The lowest BCUT2D eigenvalue weighted by Gasteiger charge is -2.08. The average molecular weight is 338 g/mol. The Morgan fingerprint density at radius 1 is 1.08 bits per heavy atom. The first-order valence-corrected chi connectivity index (χ1v) is 6.82. The number of ether oxygens (including phenoxy) is 1. The maximum absolute atomic E-state index is 13.0. The summed E-state index contributed by atoms with van der Waals surface area (Å²) in [6, 6.07) is 10.5. The lowest BCUT2D eigenvalue weighted by Crippen LogP contribution is -2.32. The fraction of sp³-hybridized carbons (Fsp3) is 0.125. The third-order valence-corrected chi connectivity index (χ3v) is 2.84. The van der Waals surface area contributed by atoms with Crippen molar-refractivity contribution < 1.29 is 27.5 Å². The summed E-state index contributed by atoms with van der Waals surface area (Å²) in [5.41, 5.74) is 0.313. The lowest BCUT2D eigenvalue weighted by molar-refractivity contribution is -0.115. The van der Waals surface area contributed by atoms with Crippen molar-refractivity contribution in [2.45, 2.75) is 6.61 Å². The summed E-state index contributed by atoms with van der Waals surface area (Å²) >= 11 is 0. The van der Waals surface area contributed by atoms with Gasteiger partial charge in [0.25, 0.3) is 5.91 Å². The maximum Gasteiger partial charge on any atom is 0.387 e. The van der Waals surface area contributed by atoms with Gasteiger partial charge in [-0.15, -0.1) is 0 Å². The van der Waals surface area contributed by atoms with Crippen LogP contribution in [0.15, 0.2) is 48.5 Å². The number of alkyl halides is 2. The van der Waals surface area contributed by atoms with Gasteiger partial charge in [-0.1, -0.05) is 12.1 Å². The summed E-state index contributed by atoms with van der Waals surface area (Å²) in [6.45, 7) is -3.37. The van der Waals surface area contributed by atoms with Crippen LogP contribution in [0.25, 0.3) is 0 Å². The molecular formula is C16H13F3N2O3. The van der Waals surface area contributed by atoms with E-state index in [2.05, 4.69) is 15.4 Å². The number of anilines is 1. The van der Waals surface area contributed by atoms with E-state index in [9.17, 15) is 22.8 Å². The molecule has 2 aromatic carbocycles. The molecule has 0 saturated carbocycles. The van der Waals surface area contributed by atoms with Crippen LogP contribution in [0.2, 0.25) is 0 Å². The largest absolute Gasteiger partial charge is 0.435 e. The fourth-order valence-corrected chi connectivity index (χ4v) is 1.85. The number of hydrogen-bond donors (Lipinski definition) is 2. The predicted octanol–water partition coefficient (Wildman–Crippen LogP) is 2.80.